The summed E-state index contributed by atoms with van der Waals surface area (Å²) in [6, 6.07) is 2.32. The van der Waals surface area contributed by atoms with E-state index in [2.05, 4.69) is 18.3 Å². The van der Waals surface area contributed by atoms with Crippen LogP contribution >= 0.6 is 0 Å². The van der Waals surface area contributed by atoms with Crippen LogP contribution in [0.25, 0.3) is 0 Å². The van der Waals surface area contributed by atoms with E-state index in [1.54, 1.807) is 0 Å². The number of aliphatic hydroxyl groups excluding tert-OH is 1. The van der Waals surface area contributed by atoms with Crippen LogP contribution in [0.3, 0.4) is 0 Å². The van der Waals surface area contributed by atoms with E-state index in [0.717, 1.165) is 18.1 Å². The van der Waals surface area contributed by atoms with Gasteiger partial charge >= 0.3 is 0 Å². The summed E-state index contributed by atoms with van der Waals surface area (Å²) in [5, 5.41) is 12.6. The van der Waals surface area contributed by atoms with E-state index in [-0.39, 0.29) is 18.1 Å². The van der Waals surface area contributed by atoms with Crippen LogP contribution in [0.1, 0.15) is 43.9 Å². The predicted molar refractivity (Wildman–Crippen MR) is 65.5 cm³/mol. The number of aliphatic hydroxyl groups is 1. The van der Waals surface area contributed by atoms with Gasteiger partial charge in [0.25, 0.3) is 0 Å². The summed E-state index contributed by atoms with van der Waals surface area (Å²) in [6.45, 7) is 11.1. The Balaban J connectivity index is 2.59. The van der Waals surface area contributed by atoms with Gasteiger partial charge in [-0.3, -0.25) is 0 Å². The van der Waals surface area contributed by atoms with Crippen molar-refractivity contribution in [2.24, 2.45) is 5.41 Å². The van der Waals surface area contributed by atoms with Gasteiger partial charge in [-0.05, 0) is 26.8 Å². The minimum Gasteiger partial charge on any atom is -0.466 e. The summed E-state index contributed by atoms with van der Waals surface area (Å²) < 4.78 is 5.50. The third-order valence-corrected chi connectivity index (χ3v) is 2.86. The first-order valence-corrected chi connectivity index (χ1v) is 5.77. The third kappa shape index (κ3) is 3.35. The van der Waals surface area contributed by atoms with Gasteiger partial charge in [-0.25, -0.2) is 0 Å². The van der Waals surface area contributed by atoms with Gasteiger partial charge in [-0.1, -0.05) is 13.8 Å². The van der Waals surface area contributed by atoms with E-state index >= 15 is 0 Å². The average molecular weight is 225 g/mol. The first-order valence-electron chi connectivity index (χ1n) is 5.77. The van der Waals surface area contributed by atoms with E-state index in [9.17, 15) is 5.11 Å². The Labute approximate surface area is 97.9 Å². The van der Waals surface area contributed by atoms with Crippen molar-refractivity contribution in [1.82, 2.24) is 5.32 Å². The van der Waals surface area contributed by atoms with Crippen LogP contribution in [0.4, 0.5) is 0 Å². The molecule has 0 aliphatic carbocycles. The molecule has 1 unspecified atom stereocenters. The van der Waals surface area contributed by atoms with Crippen molar-refractivity contribution in [1.29, 1.82) is 0 Å². The molecular formula is C13H23NO2. The van der Waals surface area contributed by atoms with Gasteiger partial charge in [-0.2, -0.15) is 0 Å². The maximum atomic E-state index is 9.18. The lowest BCUT2D eigenvalue weighted by Gasteiger charge is -2.24. The zero-order chi connectivity index (χ0) is 12.3. The second-order valence-corrected chi connectivity index (χ2v) is 5.29. The van der Waals surface area contributed by atoms with Gasteiger partial charge < -0.3 is 14.8 Å². The average Bonchev–Trinajstić information content (AvgIpc) is 2.54. The lowest BCUT2D eigenvalue weighted by molar-refractivity contribution is 0.154. The molecule has 92 valence electrons. The number of aryl methyl sites for hydroxylation is 2. The normalized spacial score (nSPS) is 14.1. The van der Waals surface area contributed by atoms with Crippen LogP contribution < -0.4 is 5.32 Å². The van der Waals surface area contributed by atoms with Crippen LogP contribution in [-0.2, 0) is 0 Å². The highest BCUT2D eigenvalue weighted by atomic mass is 16.3. The summed E-state index contributed by atoms with van der Waals surface area (Å²) >= 11 is 0. The Morgan fingerprint density at radius 1 is 1.44 bits per heavy atom. The fraction of sp³-hybridized carbons (Fsp3) is 0.692. The largest absolute Gasteiger partial charge is 0.466 e. The van der Waals surface area contributed by atoms with Crippen molar-refractivity contribution < 1.29 is 9.52 Å². The summed E-state index contributed by atoms with van der Waals surface area (Å²) in [6.07, 6.45) is 0. The first kappa shape index (κ1) is 13.3. The van der Waals surface area contributed by atoms with Crippen molar-refractivity contribution >= 4 is 0 Å². The molecule has 0 bridgehead atoms. The van der Waals surface area contributed by atoms with E-state index in [1.165, 1.54) is 5.56 Å². The minimum atomic E-state index is -0.0824. The minimum absolute atomic E-state index is 0.0824. The number of furan rings is 1. The standard InChI is InChI=1S/C13H23NO2/c1-9-6-12(11(3)16-9)10(2)14-7-13(4,5)8-15/h6,10,14-15H,7-8H2,1-5H3. The molecule has 0 aliphatic heterocycles. The molecule has 16 heavy (non-hydrogen) atoms. The quantitative estimate of drug-likeness (QED) is 0.809. The molecular weight excluding hydrogens is 202 g/mol. The smallest absolute Gasteiger partial charge is 0.105 e. The molecule has 0 spiro atoms. The highest BCUT2D eigenvalue weighted by molar-refractivity contribution is 5.23. The Kier molecular flexibility index (Phi) is 4.16. The molecule has 1 heterocycles. The number of nitrogens with one attached hydrogen (secondary N) is 1. The lowest BCUT2D eigenvalue weighted by atomic mass is 9.94. The molecule has 0 saturated heterocycles. The molecule has 1 rings (SSSR count). The number of hydrogen-bond acceptors (Lipinski definition) is 3. The van der Waals surface area contributed by atoms with Gasteiger partial charge in [0.2, 0.25) is 0 Å². The Morgan fingerprint density at radius 2 is 2.06 bits per heavy atom. The van der Waals surface area contributed by atoms with Gasteiger partial charge in [-0.15, -0.1) is 0 Å². The monoisotopic (exact) mass is 225 g/mol. The highest BCUT2D eigenvalue weighted by Gasteiger charge is 2.19. The summed E-state index contributed by atoms with van der Waals surface area (Å²) in [7, 11) is 0. The Morgan fingerprint density at radius 3 is 2.50 bits per heavy atom. The van der Waals surface area contributed by atoms with Gasteiger partial charge in [0.15, 0.2) is 0 Å². The SMILES string of the molecule is Cc1cc(C(C)NCC(C)(C)CO)c(C)o1. The number of rotatable bonds is 5. The lowest BCUT2D eigenvalue weighted by Crippen LogP contribution is -2.33. The zero-order valence-corrected chi connectivity index (χ0v) is 10.9. The van der Waals surface area contributed by atoms with Crippen LogP contribution in [0.2, 0.25) is 0 Å². The molecule has 0 fully saturated rings. The molecule has 0 amide bonds. The fourth-order valence-corrected chi connectivity index (χ4v) is 1.68. The molecule has 0 aromatic carbocycles. The van der Waals surface area contributed by atoms with Gasteiger partial charge in [0.1, 0.15) is 11.5 Å². The highest BCUT2D eigenvalue weighted by Crippen LogP contribution is 2.22. The molecule has 0 aliphatic rings. The van der Waals surface area contributed by atoms with Crippen LogP contribution in [-0.4, -0.2) is 18.3 Å². The summed E-state index contributed by atoms with van der Waals surface area (Å²) in [5.74, 6) is 1.92. The van der Waals surface area contributed by atoms with Crippen LogP contribution in [0.15, 0.2) is 10.5 Å². The van der Waals surface area contributed by atoms with Crippen molar-refractivity contribution in [2.45, 2.75) is 40.7 Å². The van der Waals surface area contributed by atoms with E-state index in [1.807, 2.05) is 27.7 Å². The summed E-state index contributed by atoms with van der Waals surface area (Å²) in [4.78, 5) is 0. The molecule has 1 aromatic rings. The molecule has 1 aromatic heterocycles. The van der Waals surface area contributed by atoms with Crippen molar-refractivity contribution in [3.63, 3.8) is 0 Å². The molecule has 3 heteroatoms. The zero-order valence-electron chi connectivity index (χ0n) is 10.9. The van der Waals surface area contributed by atoms with Crippen molar-refractivity contribution in [3.8, 4) is 0 Å². The second-order valence-electron chi connectivity index (χ2n) is 5.29. The van der Waals surface area contributed by atoms with Gasteiger partial charge in [0, 0.05) is 30.2 Å². The number of hydrogen-bond donors (Lipinski definition) is 2. The first-order chi connectivity index (χ1) is 7.35. The fourth-order valence-electron chi connectivity index (χ4n) is 1.68. The maximum Gasteiger partial charge on any atom is 0.105 e. The molecule has 1 atom stereocenters. The summed E-state index contributed by atoms with van der Waals surface area (Å²) in [5.41, 5.74) is 1.12. The van der Waals surface area contributed by atoms with E-state index in [0.29, 0.717) is 0 Å². The van der Waals surface area contributed by atoms with E-state index < -0.39 is 0 Å². The van der Waals surface area contributed by atoms with Gasteiger partial charge in [0.05, 0.1) is 0 Å². The molecule has 0 saturated carbocycles. The maximum absolute atomic E-state index is 9.18. The third-order valence-electron chi connectivity index (χ3n) is 2.86. The molecule has 0 radical (unpaired) electrons. The predicted octanol–water partition coefficient (Wildman–Crippen LogP) is 2.57. The van der Waals surface area contributed by atoms with Crippen LogP contribution in [0, 0.1) is 19.3 Å². The second kappa shape index (κ2) is 5.02. The Hall–Kier alpha value is -0.800. The van der Waals surface area contributed by atoms with E-state index in [4.69, 9.17) is 4.42 Å². The Bertz CT molecular complexity index is 342. The topological polar surface area (TPSA) is 45.4 Å². The molecule has 2 N–H and O–H groups in total. The molecule has 3 nitrogen and oxygen atoms in total. The van der Waals surface area contributed by atoms with Crippen molar-refractivity contribution in [3.05, 3.63) is 23.2 Å². The van der Waals surface area contributed by atoms with Crippen molar-refractivity contribution in [2.75, 3.05) is 13.2 Å². The van der Waals surface area contributed by atoms with Crippen LogP contribution in [0.5, 0.6) is 0 Å².